The standard InChI is InChI=1S/C18H27N3O3S/c1-19-25(23,24)15-6-16(21(2)10-15)17(22)20-11-18-7-12-3-13(8-18)5-14(4-12)9-18/h6,10,12-14,19H,3-5,7-9,11H2,1-2H3,(H,20,22). The minimum atomic E-state index is -3.54. The van der Waals surface area contributed by atoms with Crippen LogP contribution in [0.1, 0.15) is 49.0 Å². The number of aryl methyl sites for hydroxylation is 1. The lowest BCUT2D eigenvalue weighted by atomic mass is 9.49. The Morgan fingerprint density at radius 3 is 2.28 bits per heavy atom. The first-order valence-electron chi connectivity index (χ1n) is 9.18. The number of nitrogens with zero attached hydrogens (tertiary/aromatic N) is 1. The summed E-state index contributed by atoms with van der Waals surface area (Å²) in [5.74, 6) is 2.37. The zero-order chi connectivity index (χ0) is 17.8. The van der Waals surface area contributed by atoms with Gasteiger partial charge in [0.05, 0.1) is 0 Å². The average molecular weight is 365 g/mol. The maximum absolute atomic E-state index is 12.6. The normalized spacial score (nSPS) is 33.6. The monoisotopic (exact) mass is 365 g/mol. The van der Waals surface area contributed by atoms with Crippen molar-refractivity contribution in [3.05, 3.63) is 18.0 Å². The van der Waals surface area contributed by atoms with Crippen LogP contribution in [0.5, 0.6) is 0 Å². The number of carbonyl (C=O) groups excluding carboxylic acids is 1. The van der Waals surface area contributed by atoms with E-state index in [9.17, 15) is 13.2 Å². The van der Waals surface area contributed by atoms with Gasteiger partial charge >= 0.3 is 0 Å². The molecule has 1 amide bonds. The molecular weight excluding hydrogens is 338 g/mol. The SMILES string of the molecule is CNS(=O)(=O)c1cc(C(=O)NCC23CC4CC(CC(C4)C2)C3)n(C)c1. The predicted octanol–water partition coefficient (Wildman–Crippen LogP) is 1.88. The molecule has 0 aromatic carbocycles. The molecule has 2 N–H and O–H groups in total. The van der Waals surface area contributed by atoms with Gasteiger partial charge in [-0.1, -0.05) is 0 Å². The zero-order valence-corrected chi connectivity index (χ0v) is 15.7. The van der Waals surface area contributed by atoms with Crippen LogP contribution in [0.25, 0.3) is 0 Å². The van der Waals surface area contributed by atoms with E-state index in [1.807, 2.05) is 0 Å². The van der Waals surface area contributed by atoms with Gasteiger partial charge in [-0.3, -0.25) is 4.79 Å². The summed E-state index contributed by atoms with van der Waals surface area (Å²) in [6.07, 6.45) is 9.36. The zero-order valence-electron chi connectivity index (χ0n) is 14.9. The quantitative estimate of drug-likeness (QED) is 0.836. The highest BCUT2D eigenvalue weighted by Crippen LogP contribution is 2.59. The van der Waals surface area contributed by atoms with E-state index >= 15 is 0 Å². The van der Waals surface area contributed by atoms with Crippen molar-refractivity contribution in [1.82, 2.24) is 14.6 Å². The molecule has 1 heterocycles. The number of carbonyl (C=O) groups is 1. The average Bonchev–Trinajstić information content (AvgIpc) is 2.94. The molecular formula is C18H27N3O3S. The van der Waals surface area contributed by atoms with E-state index in [0.29, 0.717) is 12.2 Å². The van der Waals surface area contributed by atoms with Gasteiger partial charge in [0.15, 0.2) is 0 Å². The Labute approximate surface area is 149 Å². The molecule has 4 bridgehead atoms. The number of sulfonamides is 1. The van der Waals surface area contributed by atoms with Gasteiger partial charge in [-0.25, -0.2) is 13.1 Å². The van der Waals surface area contributed by atoms with Crippen LogP contribution in [0.2, 0.25) is 0 Å². The molecule has 6 nitrogen and oxygen atoms in total. The largest absolute Gasteiger partial charge is 0.350 e. The summed E-state index contributed by atoms with van der Waals surface area (Å²) >= 11 is 0. The van der Waals surface area contributed by atoms with E-state index in [2.05, 4.69) is 10.0 Å². The van der Waals surface area contributed by atoms with Gasteiger partial charge < -0.3 is 9.88 Å². The molecule has 0 radical (unpaired) electrons. The van der Waals surface area contributed by atoms with Crippen LogP contribution in [0.15, 0.2) is 17.2 Å². The third kappa shape index (κ3) is 3.01. The maximum Gasteiger partial charge on any atom is 0.267 e. The number of nitrogens with one attached hydrogen (secondary N) is 2. The number of aromatic nitrogens is 1. The molecule has 0 atom stereocenters. The lowest BCUT2D eigenvalue weighted by Gasteiger charge is -2.56. The minimum absolute atomic E-state index is 0.123. The van der Waals surface area contributed by atoms with Crippen molar-refractivity contribution in [2.45, 2.75) is 43.4 Å². The van der Waals surface area contributed by atoms with Crippen molar-refractivity contribution < 1.29 is 13.2 Å². The van der Waals surface area contributed by atoms with Crippen LogP contribution in [0.4, 0.5) is 0 Å². The number of hydrogen-bond acceptors (Lipinski definition) is 3. The summed E-state index contributed by atoms with van der Waals surface area (Å²) in [5.41, 5.74) is 0.661. The topological polar surface area (TPSA) is 80.2 Å². The number of hydrogen-bond donors (Lipinski definition) is 2. The van der Waals surface area contributed by atoms with E-state index in [1.54, 1.807) is 11.6 Å². The van der Waals surface area contributed by atoms with Gasteiger partial charge in [-0.2, -0.15) is 0 Å². The van der Waals surface area contributed by atoms with Crippen LogP contribution >= 0.6 is 0 Å². The Morgan fingerprint density at radius 1 is 1.20 bits per heavy atom. The van der Waals surface area contributed by atoms with Gasteiger partial charge in [0.25, 0.3) is 5.91 Å². The van der Waals surface area contributed by atoms with E-state index in [0.717, 1.165) is 17.8 Å². The summed E-state index contributed by atoms with van der Waals surface area (Å²) in [5, 5.41) is 3.10. The van der Waals surface area contributed by atoms with E-state index in [-0.39, 0.29) is 16.2 Å². The van der Waals surface area contributed by atoms with Crippen molar-refractivity contribution in [2.75, 3.05) is 13.6 Å². The lowest BCUT2D eigenvalue weighted by Crippen LogP contribution is -2.51. The van der Waals surface area contributed by atoms with Crippen molar-refractivity contribution in [3.8, 4) is 0 Å². The molecule has 1 aromatic heterocycles. The summed E-state index contributed by atoms with van der Waals surface area (Å²) in [6.45, 7) is 0.717. The highest BCUT2D eigenvalue weighted by molar-refractivity contribution is 7.89. The van der Waals surface area contributed by atoms with E-state index < -0.39 is 10.0 Å². The molecule has 5 rings (SSSR count). The van der Waals surface area contributed by atoms with Crippen LogP contribution in [0.3, 0.4) is 0 Å². The Balaban J connectivity index is 1.46. The summed E-state index contributed by atoms with van der Waals surface area (Å²) < 4.78 is 27.7. The van der Waals surface area contributed by atoms with Gasteiger partial charge in [-0.15, -0.1) is 0 Å². The second-order valence-electron chi connectivity index (χ2n) is 8.48. The molecule has 1 aromatic rings. The maximum atomic E-state index is 12.6. The van der Waals surface area contributed by atoms with Gasteiger partial charge in [-0.05, 0) is 74.8 Å². The Bertz CT molecular complexity index is 761. The first kappa shape index (κ1) is 17.1. The first-order chi connectivity index (χ1) is 11.8. The minimum Gasteiger partial charge on any atom is -0.350 e. The van der Waals surface area contributed by atoms with E-state index in [1.165, 1.54) is 57.8 Å². The molecule has 0 aliphatic heterocycles. The summed E-state index contributed by atoms with van der Waals surface area (Å²) in [7, 11) is -0.463. The Hall–Kier alpha value is -1.34. The summed E-state index contributed by atoms with van der Waals surface area (Å²) in [6, 6.07) is 1.45. The van der Waals surface area contributed by atoms with Crippen molar-refractivity contribution >= 4 is 15.9 Å². The van der Waals surface area contributed by atoms with Crippen LogP contribution in [0, 0.1) is 23.2 Å². The predicted molar refractivity (Wildman–Crippen MR) is 94.6 cm³/mol. The highest BCUT2D eigenvalue weighted by atomic mass is 32.2. The molecule has 0 saturated heterocycles. The smallest absolute Gasteiger partial charge is 0.267 e. The molecule has 138 valence electrons. The van der Waals surface area contributed by atoms with Gasteiger partial charge in [0, 0.05) is 19.8 Å². The number of amides is 1. The van der Waals surface area contributed by atoms with E-state index in [4.69, 9.17) is 0 Å². The lowest BCUT2D eigenvalue weighted by molar-refractivity contribution is -0.0503. The first-order valence-corrected chi connectivity index (χ1v) is 10.7. The third-order valence-electron chi connectivity index (χ3n) is 6.58. The van der Waals surface area contributed by atoms with Crippen LogP contribution in [-0.2, 0) is 17.1 Å². The van der Waals surface area contributed by atoms with Crippen LogP contribution < -0.4 is 10.0 Å². The van der Waals surface area contributed by atoms with Crippen LogP contribution in [-0.4, -0.2) is 32.5 Å². The van der Waals surface area contributed by atoms with Crippen molar-refractivity contribution in [2.24, 2.45) is 30.2 Å². The molecule has 4 aliphatic carbocycles. The molecule has 4 aliphatic rings. The summed E-state index contributed by atoms with van der Waals surface area (Å²) in [4.78, 5) is 12.8. The molecule has 0 spiro atoms. The Kier molecular flexibility index (Phi) is 3.99. The van der Waals surface area contributed by atoms with Crippen molar-refractivity contribution in [1.29, 1.82) is 0 Å². The molecule has 4 saturated carbocycles. The molecule has 0 unspecified atom stereocenters. The van der Waals surface area contributed by atoms with Crippen molar-refractivity contribution in [3.63, 3.8) is 0 Å². The van der Waals surface area contributed by atoms with Gasteiger partial charge in [0.1, 0.15) is 10.6 Å². The molecule has 4 fully saturated rings. The fourth-order valence-corrected chi connectivity index (χ4v) is 6.69. The fraction of sp³-hybridized carbons (Fsp3) is 0.722. The number of rotatable bonds is 5. The molecule has 25 heavy (non-hydrogen) atoms. The van der Waals surface area contributed by atoms with Gasteiger partial charge in [0.2, 0.25) is 10.0 Å². The second kappa shape index (κ2) is 5.84. The molecule has 7 heteroatoms. The Morgan fingerprint density at radius 2 is 1.76 bits per heavy atom. The highest BCUT2D eigenvalue weighted by Gasteiger charge is 2.50. The second-order valence-corrected chi connectivity index (χ2v) is 10.4. The fourth-order valence-electron chi connectivity index (χ4n) is 5.89. The third-order valence-corrected chi connectivity index (χ3v) is 7.96.